The number of carboxylic acid groups (broad SMARTS) is 1. The number of amides is 1. The largest absolute Gasteiger partial charge is 0.479 e. The molecule has 122 valence electrons. The third-order valence-electron chi connectivity index (χ3n) is 3.69. The molecule has 7 heteroatoms. The molecule has 0 saturated carbocycles. The van der Waals surface area contributed by atoms with Crippen LogP contribution in [0.5, 0.6) is 0 Å². The Morgan fingerprint density at radius 2 is 1.96 bits per heavy atom. The Bertz CT molecular complexity index is 843. The average Bonchev–Trinajstić information content (AvgIpc) is 3.07. The van der Waals surface area contributed by atoms with E-state index in [2.05, 4.69) is 0 Å². The number of carboxylic acids is 1. The minimum atomic E-state index is -1.13. The number of hydrogen-bond donors (Lipinski definition) is 1. The molecule has 1 fully saturated rings. The number of benzene rings is 1. The number of thiocarbonyl (C=S) groups is 1. The van der Waals surface area contributed by atoms with Crippen molar-refractivity contribution in [3.8, 4) is 0 Å². The molecule has 1 aliphatic heterocycles. The van der Waals surface area contributed by atoms with E-state index in [0.717, 1.165) is 17.5 Å². The molecule has 3 rings (SSSR count). The molecule has 24 heavy (non-hydrogen) atoms. The van der Waals surface area contributed by atoms with Gasteiger partial charge in [-0.3, -0.25) is 9.69 Å². The van der Waals surface area contributed by atoms with E-state index in [1.807, 2.05) is 29.9 Å². The lowest BCUT2D eigenvalue weighted by Gasteiger charge is -2.23. The number of nitrogens with zero attached hydrogens (tertiary/aromatic N) is 2. The Morgan fingerprint density at radius 1 is 1.25 bits per heavy atom. The third-order valence-corrected chi connectivity index (χ3v) is 5.02. The van der Waals surface area contributed by atoms with Crippen LogP contribution in [0.15, 0.2) is 53.6 Å². The number of aryl methyl sites for hydroxylation is 1. The summed E-state index contributed by atoms with van der Waals surface area (Å²) < 4.78 is 2.12. The number of rotatable bonds is 4. The first-order valence-electron chi connectivity index (χ1n) is 7.15. The summed E-state index contributed by atoms with van der Waals surface area (Å²) in [5.41, 5.74) is 1.36. The van der Waals surface area contributed by atoms with Crippen molar-refractivity contribution in [2.75, 3.05) is 0 Å². The highest BCUT2D eigenvalue weighted by atomic mass is 32.2. The molecular formula is C17H14N2O3S2. The number of carbonyl (C=O) groups is 2. The van der Waals surface area contributed by atoms with Crippen LogP contribution in [-0.4, -0.2) is 30.8 Å². The molecule has 5 nitrogen and oxygen atoms in total. The second kappa shape index (κ2) is 6.62. The Labute approximate surface area is 148 Å². The standard InChI is InChI=1S/C17H14N2O3S2/c1-18-9-5-8-12(18)10-13-15(20)19(17(23)24-13)14(16(21)22)11-6-3-2-4-7-11/h2-10,14H,1H3,(H,21,22)/b13-10-/t14-/m1/s1. The molecule has 1 saturated heterocycles. The van der Waals surface area contributed by atoms with Gasteiger partial charge in [0, 0.05) is 18.9 Å². The zero-order chi connectivity index (χ0) is 17.3. The normalized spacial score (nSPS) is 17.5. The molecule has 2 heterocycles. The van der Waals surface area contributed by atoms with E-state index in [9.17, 15) is 14.7 Å². The van der Waals surface area contributed by atoms with Crippen LogP contribution in [0.3, 0.4) is 0 Å². The van der Waals surface area contributed by atoms with Crippen molar-refractivity contribution in [1.29, 1.82) is 0 Å². The van der Waals surface area contributed by atoms with E-state index in [1.54, 1.807) is 36.4 Å². The molecule has 0 spiro atoms. The van der Waals surface area contributed by atoms with Gasteiger partial charge in [-0.05, 0) is 23.8 Å². The van der Waals surface area contributed by atoms with Crippen molar-refractivity contribution in [3.63, 3.8) is 0 Å². The number of aromatic nitrogens is 1. The quantitative estimate of drug-likeness (QED) is 0.672. The first kappa shape index (κ1) is 16.5. The van der Waals surface area contributed by atoms with Gasteiger partial charge in [-0.25, -0.2) is 4.79 Å². The van der Waals surface area contributed by atoms with E-state index in [4.69, 9.17) is 12.2 Å². The molecule has 0 aliphatic carbocycles. The van der Waals surface area contributed by atoms with Gasteiger partial charge in [-0.1, -0.05) is 54.3 Å². The highest BCUT2D eigenvalue weighted by molar-refractivity contribution is 8.26. The fourth-order valence-electron chi connectivity index (χ4n) is 2.50. The fourth-order valence-corrected chi connectivity index (χ4v) is 3.80. The molecule has 1 aliphatic rings. The van der Waals surface area contributed by atoms with Gasteiger partial charge >= 0.3 is 5.97 Å². The summed E-state index contributed by atoms with van der Waals surface area (Å²) in [5, 5.41) is 9.62. The van der Waals surface area contributed by atoms with Gasteiger partial charge < -0.3 is 9.67 Å². The highest BCUT2D eigenvalue weighted by Crippen LogP contribution is 2.38. The SMILES string of the molecule is Cn1cccc1/C=C1\SC(=S)N([C@@H](C(=O)O)c2ccccc2)C1=O. The van der Waals surface area contributed by atoms with Gasteiger partial charge in [-0.2, -0.15) is 0 Å². The lowest BCUT2D eigenvalue weighted by Crippen LogP contribution is -2.37. The van der Waals surface area contributed by atoms with Crippen LogP contribution in [0.4, 0.5) is 0 Å². The molecular weight excluding hydrogens is 344 g/mol. The van der Waals surface area contributed by atoms with Crippen molar-refractivity contribution < 1.29 is 14.7 Å². The second-order valence-electron chi connectivity index (χ2n) is 5.25. The van der Waals surface area contributed by atoms with Crippen molar-refractivity contribution in [2.45, 2.75) is 6.04 Å². The van der Waals surface area contributed by atoms with Crippen molar-refractivity contribution in [1.82, 2.24) is 9.47 Å². The Kier molecular flexibility index (Phi) is 4.55. The minimum Gasteiger partial charge on any atom is -0.479 e. The maximum absolute atomic E-state index is 12.7. The van der Waals surface area contributed by atoms with Crippen LogP contribution >= 0.6 is 24.0 Å². The molecule has 2 aromatic rings. The minimum absolute atomic E-state index is 0.247. The monoisotopic (exact) mass is 358 g/mol. The molecule has 1 amide bonds. The maximum atomic E-state index is 12.7. The fraction of sp³-hybridized carbons (Fsp3) is 0.118. The van der Waals surface area contributed by atoms with Gasteiger partial charge in [0.25, 0.3) is 5.91 Å². The smallest absolute Gasteiger partial charge is 0.331 e. The summed E-state index contributed by atoms with van der Waals surface area (Å²) in [6.45, 7) is 0. The summed E-state index contributed by atoms with van der Waals surface area (Å²) in [4.78, 5) is 26.1. The first-order valence-corrected chi connectivity index (χ1v) is 8.37. The summed E-state index contributed by atoms with van der Waals surface area (Å²) in [5.74, 6) is -1.50. The Hall–Kier alpha value is -2.38. The molecule has 1 atom stereocenters. The molecule has 0 radical (unpaired) electrons. The predicted molar refractivity (Wildman–Crippen MR) is 97.2 cm³/mol. The van der Waals surface area contributed by atoms with Crippen molar-refractivity contribution in [2.24, 2.45) is 7.05 Å². The molecule has 1 aromatic carbocycles. The summed E-state index contributed by atoms with van der Waals surface area (Å²) in [7, 11) is 1.87. The first-order chi connectivity index (χ1) is 11.5. The van der Waals surface area contributed by atoms with Gasteiger partial charge in [0.2, 0.25) is 0 Å². The van der Waals surface area contributed by atoms with Crippen LogP contribution in [0.25, 0.3) is 6.08 Å². The van der Waals surface area contributed by atoms with Gasteiger partial charge in [0.15, 0.2) is 6.04 Å². The number of aliphatic carboxylic acids is 1. The highest BCUT2D eigenvalue weighted by Gasteiger charge is 2.41. The lowest BCUT2D eigenvalue weighted by molar-refractivity contribution is -0.145. The lowest BCUT2D eigenvalue weighted by atomic mass is 10.1. The van der Waals surface area contributed by atoms with Crippen LogP contribution in [0.2, 0.25) is 0 Å². The zero-order valence-electron chi connectivity index (χ0n) is 12.7. The van der Waals surface area contributed by atoms with E-state index in [-0.39, 0.29) is 10.2 Å². The molecule has 0 bridgehead atoms. The molecule has 0 unspecified atom stereocenters. The van der Waals surface area contributed by atoms with Crippen LogP contribution in [0.1, 0.15) is 17.3 Å². The van der Waals surface area contributed by atoms with Gasteiger partial charge in [0.05, 0.1) is 4.91 Å². The number of carbonyl (C=O) groups excluding carboxylic acids is 1. The third kappa shape index (κ3) is 3.00. The maximum Gasteiger partial charge on any atom is 0.331 e. The van der Waals surface area contributed by atoms with Crippen LogP contribution in [0, 0.1) is 0 Å². The van der Waals surface area contributed by atoms with E-state index in [1.165, 1.54) is 4.90 Å². The molecule has 1 N–H and O–H groups in total. The number of hydrogen-bond acceptors (Lipinski definition) is 4. The van der Waals surface area contributed by atoms with Gasteiger partial charge in [-0.15, -0.1) is 0 Å². The van der Waals surface area contributed by atoms with Crippen molar-refractivity contribution in [3.05, 3.63) is 64.8 Å². The zero-order valence-corrected chi connectivity index (χ0v) is 14.4. The predicted octanol–water partition coefficient (Wildman–Crippen LogP) is 3.05. The van der Waals surface area contributed by atoms with E-state index < -0.39 is 12.0 Å². The Balaban J connectivity index is 1.98. The van der Waals surface area contributed by atoms with Gasteiger partial charge in [0.1, 0.15) is 4.32 Å². The summed E-state index contributed by atoms with van der Waals surface area (Å²) >= 11 is 6.40. The summed E-state index contributed by atoms with van der Waals surface area (Å²) in [6, 6.07) is 11.2. The Morgan fingerprint density at radius 3 is 2.54 bits per heavy atom. The van der Waals surface area contributed by atoms with E-state index in [0.29, 0.717) is 10.5 Å². The van der Waals surface area contributed by atoms with Crippen LogP contribution < -0.4 is 0 Å². The summed E-state index contributed by atoms with van der Waals surface area (Å²) in [6.07, 6.45) is 3.60. The number of thioether (sulfide) groups is 1. The molecule has 1 aromatic heterocycles. The van der Waals surface area contributed by atoms with Crippen LogP contribution in [-0.2, 0) is 16.6 Å². The second-order valence-corrected chi connectivity index (χ2v) is 6.92. The van der Waals surface area contributed by atoms with Crippen molar-refractivity contribution >= 4 is 46.3 Å². The topological polar surface area (TPSA) is 62.5 Å². The van der Waals surface area contributed by atoms with E-state index >= 15 is 0 Å². The average molecular weight is 358 g/mol.